The van der Waals surface area contributed by atoms with Crippen molar-refractivity contribution in [1.29, 1.82) is 0 Å². The first-order valence-corrected chi connectivity index (χ1v) is 10.6. The number of rotatable bonds is 5. The number of hydrogen-bond acceptors (Lipinski definition) is 8. The third-order valence-corrected chi connectivity index (χ3v) is 6.66. The zero-order valence-corrected chi connectivity index (χ0v) is 18.8. The van der Waals surface area contributed by atoms with Crippen LogP contribution in [0.15, 0.2) is 30.5 Å². The van der Waals surface area contributed by atoms with Crippen molar-refractivity contribution in [2.24, 2.45) is 0 Å². The van der Waals surface area contributed by atoms with Crippen molar-refractivity contribution in [3.8, 4) is 11.5 Å². The van der Waals surface area contributed by atoms with Crippen molar-refractivity contribution in [3.05, 3.63) is 52.8 Å². The molecule has 0 spiro atoms. The summed E-state index contributed by atoms with van der Waals surface area (Å²) in [6.07, 6.45) is 1.54. The van der Waals surface area contributed by atoms with Gasteiger partial charge in [0.15, 0.2) is 5.54 Å². The monoisotopic (exact) mass is 466 g/mol. The summed E-state index contributed by atoms with van der Waals surface area (Å²) >= 11 is 0. The van der Waals surface area contributed by atoms with Crippen LogP contribution in [0, 0.1) is 0 Å². The molecule has 11 nitrogen and oxygen atoms in total. The first-order chi connectivity index (χ1) is 16.2. The van der Waals surface area contributed by atoms with Crippen LogP contribution in [0.3, 0.4) is 0 Å². The highest BCUT2D eigenvalue weighted by Gasteiger charge is 2.64. The first-order valence-electron chi connectivity index (χ1n) is 10.6. The second kappa shape index (κ2) is 7.44. The Kier molecular flexibility index (Phi) is 4.74. The maximum Gasteiger partial charge on any atom is 0.339 e. The lowest BCUT2D eigenvalue weighted by Crippen LogP contribution is -2.70. The van der Waals surface area contributed by atoms with E-state index in [4.69, 9.17) is 14.2 Å². The lowest BCUT2D eigenvalue weighted by atomic mass is 9.78. The summed E-state index contributed by atoms with van der Waals surface area (Å²) in [5, 5.41) is 5.00. The number of ether oxygens (including phenoxy) is 3. The van der Waals surface area contributed by atoms with Gasteiger partial charge in [0.2, 0.25) is 0 Å². The fraction of sp³-hybridized carbons (Fsp3) is 0.348. The van der Waals surface area contributed by atoms with Crippen LogP contribution in [0.5, 0.6) is 11.5 Å². The minimum atomic E-state index is -1.60. The third kappa shape index (κ3) is 3.07. The molecular weight excluding hydrogens is 444 g/mol. The molecule has 2 atom stereocenters. The number of benzene rings is 1. The number of carbonyl (C=O) groups excluding carboxylic acids is 4. The van der Waals surface area contributed by atoms with Gasteiger partial charge in [0, 0.05) is 24.7 Å². The molecule has 1 aromatic heterocycles. The number of methoxy groups -OCH3 is 2. The van der Waals surface area contributed by atoms with Gasteiger partial charge in [0.25, 0.3) is 11.8 Å². The molecule has 2 aromatic rings. The van der Waals surface area contributed by atoms with E-state index in [9.17, 15) is 19.2 Å². The Balaban J connectivity index is 1.49. The van der Waals surface area contributed by atoms with E-state index >= 15 is 0 Å². The minimum Gasteiger partial charge on any atom is -0.497 e. The number of amides is 4. The number of pyridine rings is 1. The zero-order valence-electron chi connectivity index (χ0n) is 18.8. The predicted octanol–water partition coefficient (Wildman–Crippen LogP) is 0.805. The Bertz CT molecular complexity index is 1260. The summed E-state index contributed by atoms with van der Waals surface area (Å²) in [6.45, 7) is 1.81. The summed E-state index contributed by atoms with van der Waals surface area (Å²) < 4.78 is 16.2. The Labute approximate surface area is 194 Å². The van der Waals surface area contributed by atoms with Gasteiger partial charge in [0.1, 0.15) is 17.1 Å². The SMILES string of the molecule is COC(=O)c1cnc2c(c1)OC(C)(C1(CN3Cc4ccc(OC)cc4C3=O)NC(=O)NC1=O)C2. The van der Waals surface area contributed by atoms with Gasteiger partial charge < -0.3 is 24.4 Å². The van der Waals surface area contributed by atoms with Crippen LogP contribution in [0.4, 0.5) is 4.79 Å². The Morgan fingerprint density at radius 2 is 2.03 bits per heavy atom. The van der Waals surface area contributed by atoms with Gasteiger partial charge in [-0.05, 0) is 30.7 Å². The number of imide groups is 1. The molecule has 0 saturated carbocycles. The van der Waals surface area contributed by atoms with Crippen molar-refractivity contribution >= 4 is 23.8 Å². The lowest BCUT2D eigenvalue weighted by Gasteiger charge is -2.42. The molecule has 3 aliphatic heterocycles. The number of hydrogen-bond donors (Lipinski definition) is 2. The highest BCUT2D eigenvalue weighted by atomic mass is 16.5. The minimum absolute atomic E-state index is 0.130. The van der Waals surface area contributed by atoms with Crippen LogP contribution < -0.4 is 20.1 Å². The molecule has 1 saturated heterocycles. The third-order valence-electron chi connectivity index (χ3n) is 6.66. The maximum absolute atomic E-state index is 13.2. The van der Waals surface area contributed by atoms with Crippen molar-refractivity contribution in [2.75, 3.05) is 20.8 Å². The summed E-state index contributed by atoms with van der Waals surface area (Å²) in [7, 11) is 2.77. The molecule has 34 heavy (non-hydrogen) atoms. The van der Waals surface area contributed by atoms with Crippen LogP contribution in [0.25, 0.3) is 0 Å². The van der Waals surface area contributed by atoms with E-state index in [0.29, 0.717) is 22.8 Å². The molecule has 2 unspecified atom stereocenters. The number of carbonyl (C=O) groups is 4. The Hall–Kier alpha value is -4.15. The van der Waals surface area contributed by atoms with Gasteiger partial charge in [-0.2, -0.15) is 0 Å². The van der Waals surface area contributed by atoms with Crippen LogP contribution in [-0.4, -0.2) is 65.6 Å². The van der Waals surface area contributed by atoms with Gasteiger partial charge in [-0.1, -0.05) is 6.07 Å². The van der Waals surface area contributed by atoms with E-state index in [-0.39, 0.29) is 31.0 Å². The normalized spacial score (nSPS) is 24.8. The molecule has 1 fully saturated rings. The summed E-state index contributed by atoms with van der Waals surface area (Å²) in [4.78, 5) is 56.4. The highest BCUT2D eigenvalue weighted by Crippen LogP contribution is 2.43. The van der Waals surface area contributed by atoms with Crippen LogP contribution in [0.2, 0.25) is 0 Å². The largest absolute Gasteiger partial charge is 0.497 e. The molecule has 2 N–H and O–H groups in total. The summed E-state index contributed by atoms with van der Waals surface area (Å²) in [5.41, 5.74) is -0.916. The number of esters is 1. The second-order valence-corrected chi connectivity index (χ2v) is 8.67. The summed E-state index contributed by atoms with van der Waals surface area (Å²) in [6, 6.07) is 6.02. The topological polar surface area (TPSA) is 136 Å². The molecule has 176 valence electrons. The van der Waals surface area contributed by atoms with Crippen molar-refractivity contribution < 1.29 is 33.4 Å². The fourth-order valence-electron chi connectivity index (χ4n) is 4.78. The first kappa shape index (κ1) is 21.7. The van der Waals surface area contributed by atoms with Gasteiger partial charge in [-0.3, -0.25) is 19.9 Å². The van der Waals surface area contributed by atoms with E-state index in [1.54, 1.807) is 25.1 Å². The van der Waals surface area contributed by atoms with Crippen molar-refractivity contribution in [3.63, 3.8) is 0 Å². The molecule has 4 heterocycles. The van der Waals surface area contributed by atoms with Gasteiger partial charge in [0.05, 0.1) is 32.0 Å². The number of nitrogens with one attached hydrogen (secondary N) is 2. The van der Waals surface area contributed by atoms with Gasteiger partial charge >= 0.3 is 12.0 Å². The van der Waals surface area contributed by atoms with E-state index in [1.165, 1.54) is 31.4 Å². The second-order valence-electron chi connectivity index (χ2n) is 8.67. The Morgan fingerprint density at radius 1 is 1.24 bits per heavy atom. The smallest absolute Gasteiger partial charge is 0.339 e. The zero-order chi connectivity index (χ0) is 24.3. The van der Waals surface area contributed by atoms with Gasteiger partial charge in [-0.15, -0.1) is 0 Å². The van der Waals surface area contributed by atoms with E-state index in [2.05, 4.69) is 15.6 Å². The number of aromatic nitrogens is 1. The Morgan fingerprint density at radius 3 is 2.71 bits per heavy atom. The number of nitrogens with zero attached hydrogens (tertiary/aromatic N) is 2. The van der Waals surface area contributed by atoms with Crippen molar-refractivity contribution in [1.82, 2.24) is 20.5 Å². The molecule has 4 amide bonds. The quantitative estimate of drug-likeness (QED) is 0.488. The standard InChI is InChI=1S/C23H22N4O7/c1-22(8-16-17(34-22)6-13(9-24-16)19(29)33-3)23(20(30)25-21(31)26-23)11-27-10-12-4-5-14(32-2)7-15(12)18(27)28/h4-7,9H,8,10-11H2,1-3H3,(H2,25,26,30,31). The molecule has 0 aliphatic carbocycles. The predicted molar refractivity (Wildman–Crippen MR) is 115 cm³/mol. The molecule has 3 aliphatic rings. The number of fused-ring (bicyclic) bond motifs is 2. The van der Waals surface area contributed by atoms with E-state index in [0.717, 1.165) is 5.56 Å². The lowest BCUT2D eigenvalue weighted by molar-refractivity contribution is -0.132. The molecular formula is C23H22N4O7. The fourth-order valence-corrected chi connectivity index (χ4v) is 4.78. The number of urea groups is 1. The molecule has 0 bridgehead atoms. The highest BCUT2D eigenvalue weighted by molar-refractivity contribution is 6.09. The maximum atomic E-state index is 13.2. The van der Waals surface area contributed by atoms with Crippen molar-refractivity contribution in [2.45, 2.75) is 31.0 Å². The van der Waals surface area contributed by atoms with Crippen LogP contribution >= 0.6 is 0 Å². The average Bonchev–Trinajstić information content (AvgIpc) is 3.43. The molecule has 1 aromatic carbocycles. The molecule has 5 rings (SSSR count). The van der Waals surface area contributed by atoms with E-state index in [1.807, 2.05) is 0 Å². The molecule has 0 radical (unpaired) electrons. The van der Waals surface area contributed by atoms with E-state index < -0.39 is 29.0 Å². The van der Waals surface area contributed by atoms with Crippen LogP contribution in [-0.2, 0) is 22.5 Å². The van der Waals surface area contributed by atoms with Crippen LogP contribution in [0.1, 0.15) is 38.9 Å². The van der Waals surface area contributed by atoms with Gasteiger partial charge in [-0.25, -0.2) is 9.59 Å². The average molecular weight is 466 g/mol. The summed E-state index contributed by atoms with van der Waals surface area (Å²) in [5.74, 6) is -0.621. The molecule has 11 heteroatoms.